The molecule has 0 saturated heterocycles. The van der Waals surface area contributed by atoms with Gasteiger partial charge in [0.25, 0.3) is 0 Å². The highest BCUT2D eigenvalue weighted by Gasteiger charge is 2.28. The van der Waals surface area contributed by atoms with Gasteiger partial charge in [-0.3, -0.25) is 4.79 Å². The van der Waals surface area contributed by atoms with Crippen LogP contribution in [-0.2, 0) is 4.79 Å². The summed E-state index contributed by atoms with van der Waals surface area (Å²) in [6, 6.07) is 17.5. The van der Waals surface area contributed by atoms with Crippen LogP contribution in [0.5, 0.6) is 5.75 Å². The lowest BCUT2D eigenvalue weighted by molar-refractivity contribution is -0.113. The molecule has 1 N–H and O–H groups in total. The highest BCUT2D eigenvalue weighted by Crippen LogP contribution is 2.40. The number of para-hydroxylation sites is 1. The van der Waals surface area contributed by atoms with Crippen molar-refractivity contribution in [2.75, 3.05) is 18.2 Å². The zero-order valence-electron chi connectivity index (χ0n) is 18.3. The number of carbonyl (C=O) groups is 1. The van der Waals surface area contributed by atoms with Crippen molar-refractivity contribution < 1.29 is 9.53 Å². The van der Waals surface area contributed by atoms with Crippen molar-refractivity contribution in [1.82, 2.24) is 30.0 Å². The maximum Gasteiger partial charge on any atom is 0.236 e. The number of benzene rings is 2. The van der Waals surface area contributed by atoms with E-state index in [1.807, 2.05) is 61.5 Å². The summed E-state index contributed by atoms with van der Waals surface area (Å²) in [7, 11) is 1.60. The maximum atomic E-state index is 12.8. The number of anilines is 1. The van der Waals surface area contributed by atoms with E-state index < -0.39 is 0 Å². The molecule has 1 amide bonds. The Bertz CT molecular complexity index is 1280. The van der Waals surface area contributed by atoms with Gasteiger partial charge < -0.3 is 10.1 Å². The van der Waals surface area contributed by atoms with Gasteiger partial charge in [-0.25, -0.2) is 4.68 Å². The van der Waals surface area contributed by atoms with Gasteiger partial charge in [-0.2, -0.15) is 9.78 Å². The topological polar surface area (TPSA) is 99.8 Å². The fourth-order valence-corrected chi connectivity index (χ4v) is 4.21. The van der Waals surface area contributed by atoms with Crippen LogP contribution >= 0.6 is 11.8 Å². The Kier molecular flexibility index (Phi) is 5.82. The third-order valence-corrected chi connectivity index (χ3v) is 6.25. The number of thioether (sulfide) groups is 1. The van der Waals surface area contributed by atoms with E-state index >= 15 is 0 Å². The van der Waals surface area contributed by atoms with Gasteiger partial charge in [-0.15, -0.1) is 5.10 Å². The largest absolute Gasteiger partial charge is 0.494 e. The third kappa shape index (κ3) is 4.61. The summed E-state index contributed by atoms with van der Waals surface area (Å²) in [6.45, 7) is 1.99. The van der Waals surface area contributed by atoms with E-state index in [-0.39, 0.29) is 11.7 Å². The first-order chi connectivity index (χ1) is 16.1. The molecule has 0 unspecified atom stereocenters. The molecule has 5 rings (SSSR count). The Balaban J connectivity index is 1.32. The second kappa shape index (κ2) is 9.07. The zero-order valence-corrected chi connectivity index (χ0v) is 19.1. The molecule has 1 fully saturated rings. The smallest absolute Gasteiger partial charge is 0.236 e. The molecule has 0 spiro atoms. The Labute approximate surface area is 195 Å². The molecule has 0 radical (unpaired) electrons. The number of methoxy groups -OCH3 is 1. The molecule has 33 heavy (non-hydrogen) atoms. The summed E-state index contributed by atoms with van der Waals surface area (Å²) < 4.78 is 8.83. The second-order valence-corrected chi connectivity index (χ2v) is 8.80. The molecular weight excluding hydrogens is 438 g/mol. The van der Waals surface area contributed by atoms with Crippen LogP contribution in [0.3, 0.4) is 0 Å². The number of ether oxygens (including phenoxy) is 1. The fraction of sp³-hybridized carbons (Fsp3) is 0.261. The Morgan fingerprint density at radius 2 is 1.97 bits per heavy atom. The first-order valence-electron chi connectivity index (χ1n) is 10.6. The summed E-state index contributed by atoms with van der Waals surface area (Å²) in [5.41, 5.74) is 3.69. The van der Waals surface area contributed by atoms with Gasteiger partial charge in [-0.05, 0) is 60.0 Å². The molecular formula is C23H23N7O2S. The van der Waals surface area contributed by atoms with Crippen LogP contribution in [0, 0.1) is 6.92 Å². The van der Waals surface area contributed by atoms with Crippen molar-refractivity contribution in [2.24, 2.45) is 0 Å². The van der Waals surface area contributed by atoms with Gasteiger partial charge in [0.05, 0.1) is 24.2 Å². The van der Waals surface area contributed by atoms with Gasteiger partial charge in [0.1, 0.15) is 17.3 Å². The molecule has 2 aromatic heterocycles. The van der Waals surface area contributed by atoms with E-state index in [4.69, 9.17) is 9.84 Å². The summed E-state index contributed by atoms with van der Waals surface area (Å²) in [5.74, 6) is 1.78. The molecule has 2 heterocycles. The van der Waals surface area contributed by atoms with E-state index in [1.54, 1.807) is 16.5 Å². The van der Waals surface area contributed by atoms with Crippen molar-refractivity contribution >= 4 is 23.5 Å². The van der Waals surface area contributed by atoms with Crippen molar-refractivity contribution in [1.29, 1.82) is 0 Å². The number of carbonyl (C=O) groups excluding carboxylic acids is 1. The molecule has 10 heteroatoms. The van der Waals surface area contributed by atoms with Gasteiger partial charge in [-0.1, -0.05) is 36.0 Å². The van der Waals surface area contributed by atoms with E-state index in [0.717, 1.165) is 35.5 Å². The number of amides is 1. The van der Waals surface area contributed by atoms with Crippen LogP contribution in [0.4, 0.5) is 5.82 Å². The first kappa shape index (κ1) is 21.2. The standard InChI is InChI=1S/C23H23N7O2S/c1-15-8-11-20(32-2)19(12-15)30-23(25-27-28-30)33-14-22(31)24-21-13-18(16-9-10-16)26-29(21)17-6-4-3-5-7-17/h3-8,11-13,16H,9-10,14H2,1-2H3,(H,24,31). The molecule has 0 atom stereocenters. The Morgan fingerprint density at radius 1 is 1.15 bits per heavy atom. The predicted molar refractivity (Wildman–Crippen MR) is 125 cm³/mol. The van der Waals surface area contributed by atoms with Gasteiger partial charge in [0.2, 0.25) is 11.1 Å². The number of hydrogen-bond acceptors (Lipinski definition) is 7. The Hall–Kier alpha value is -3.66. The lowest BCUT2D eigenvalue weighted by Crippen LogP contribution is -2.17. The normalized spacial score (nSPS) is 13.2. The van der Waals surface area contributed by atoms with Gasteiger partial charge in [0.15, 0.2) is 0 Å². The second-order valence-electron chi connectivity index (χ2n) is 7.86. The molecule has 168 valence electrons. The zero-order chi connectivity index (χ0) is 22.8. The van der Waals surface area contributed by atoms with E-state index in [0.29, 0.717) is 22.6 Å². The summed E-state index contributed by atoms with van der Waals surface area (Å²) in [6.07, 6.45) is 2.28. The average molecular weight is 462 g/mol. The number of nitrogens with one attached hydrogen (secondary N) is 1. The predicted octanol–water partition coefficient (Wildman–Crippen LogP) is 3.77. The number of aromatic nitrogens is 6. The van der Waals surface area contributed by atoms with Crippen LogP contribution in [-0.4, -0.2) is 48.8 Å². The number of tetrazole rings is 1. The molecule has 9 nitrogen and oxygen atoms in total. The summed E-state index contributed by atoms with van der Waals surface area (Å²) in [4.78, 5) is 12.8. The van der Waals surface area contributed by atoms with Crippen LogP contribution in [0.2, 0.25) is 0 Å². The van der Waals surface area contributed by atoms with E-state index in [1.165, 1.54) is 11.8 Å². The monoisotopic (exact) mass is 461 g/mol. The first-order valence-corrected chi connectivity index (χ1v) is 11.6. The van der Waals surface area contributed by atoms with Crippen molar-refractivity contribution in [3.63, 3.8) is 0 Å². The number of rotatable bonds is 8. The fourth-order valence-electron chi connectivity index (χ4n) is 3.53. The summed E-state index contributed by atoms with van der Waals surface area (Å²) in [5, 5.41) is 20.2. The minimum Gasteiger partial charge on any atom is -0.494 e. The maximum absolute atomic E-state index is 12.8. The number of nitrogens with zero attached hydrogens (tertiary/aromatic N) is 6. The van der Waals surface area contributed by atoms with Crippen molar-refractivity contribution in [3.05, 3.63) is 65.9 Å². The number of hydrogen-bond donors (Lipinski definition) is 1. The molecule has 0 aliphatic heterocycles. The minimum atomic E-state index is -0.162. The molecule has 4 aromatic rings. The van der Waals surface area contributed by atoms with Crippen LogP contribution in [0.25, 0.3) is 11.4 Å². The molecule has 1 aliphatic carbocycles. The van der Waals surface area contributed by atoms with Crippen LogP contribution < -0.4 is 10.1 Å². The minimum absolute atomic E-state index is 0.146. The van der Waals surface area contributed by atoms with Crippen molar-refractivity contribution in [2.45, 2.75) is 30.8 Å². The van der Waals surface area contributed by atoms with E-state index in [9.17, 15) is 4.79 Å². The molecule has 1 saturated carbocycles. The molecule has 2 aromatic carbocycles. The van der Waals surface area contributed by atoms with Crippen LogP contribution in [0.1, 0.15) is 30.0 Å². The highest BCUT2D eigenvalue weighted by atomic mass is 32.2. The number of aryl methyl sites for hydroxylation is 1. The highest BCUT2D eigenvalue weighted by molar-refractivity contribution is 7.99. The quantitative estimate of drug-likeness (QED) is 0.399. The van der Waals surface area contributed by atoms with Crippen molar-refractivity contribution in [3.8, 4) is 17.1 Å². The Morgan fingerprint density at radius 3 is 2.73 bits per heavy atom. The summed E-state index contributed by atoms with van der Waals surface area (Å²) >= 11 is 1.26. The lowest BCUT2D eigenvalue weighted by atomic mass is 10.2. The van der Waals surface area contributed by atoms with Crippen LogP contribution in [0.15, 0.2) is 59.8 Å². The lowest BCUT2D eigenvalue weighted by Gasteiger charge is -2.11. The molecule has 1 aliphatic rings. The SMILES string of the molecule is COc1ccc(C)cc1-n1nnnc1SCC(=O)Nc1cc(C2CC2)nn1-c1ccccc1. The van der Waals surface area contributed by atoms with E-state index in [2.05, 4.69) is 20.8 Å². The average Bonchev–Trinajstić information content (AvgIpc) is 3.43. The van der Waals surface area contributed by atoms with Gasteiger partial charge >= 0.3 is 0 Å². The molecule has 0 bridgehead atoms. The third-order valence-electron chi connectivity index (χ3n) is 5.33. The van der Waals surface area contributed by atoms with Gasteiger partial charge in [0, 0.05) is 12.0 Å².